The van der Waals surface area contributed by atoms with Crippen molar-refractivity contribution in [1.29, 1.82) is 0 Å². The lowest BCUT2D eigenvalue weighted by atomic mass is 10.1. The Morgan fingerprint density at radius 3 is 2.87 bits per heavy atom. The number of hydrogen-bond donors (Lipinski definition) is 2. The van der Waals surface area contributed by atoms with E-state index in [1.807, 2.05) is 6.92 Å². The number of hydrogen-bond acceptors (Lipinski definition) is 9. The number of aliphatic imine (C=N–C) groups is 1. The minimum Gasteiger partial charge on any atom is -0.496 e. The Morgan fingerprint density at radius 2 is 2.20 bits per heavy atom. The summed E-state index contributed by atoms with van der Waals surface area (Å²) in [5.41, 5.74) is 4.88. The molecular weight excluding hydrogens is 408 g/mol. The third-order valence-corrected chi connectivity index (χ3v) is 5.69. The van der Waals surface area contributed by atoms with E-state index in [0.29, 0.717) is 35.3 Å². The van der Waals surface area contributed by atoms with Crippen molar-refractivity contribution >= 4 is 28.4 Å². The molecule has 0 radical (unpaired) electrons. The predicted molar refractivity (Wildman–Crippen MR) is 118 cm³/mol. The molecule has 1 aliphatic rings. The number of nitrogens with two attached hydrogens (primary N) is 1. The zero-order valence-electron chi connectivity index (χ0n) is 17.9. The monoisotopic (exact) mass is 438 g/mol. The quantitative estimate of drug-likeness (QED) is 0.309. The van der Waals surface area contributed by atoms with Gasteiger partial charge in [0.15, 0.2) is 5.66 Å². The number of carbonyl (C=O) groups is 1. The molecule has 0 fully saturated rings. The topological polar surface area (TPSA) is 129 Å². The second-order valence-corrected chi connectivity index (χ2v) is 7.99. The molecule has 0 aliphatic carbocycles. The lowest BCUT2D eigenvalue weighted by Gasteiger charge is -2.23. The minimum atomic E-state index is -1.44. The first kappa shape index (κ1) is 23.9. The van der Waals surface area contributed by atoms with Crippen LogP contribution >= 0.6 is 11.8 Å². The summed E-state index contributed by atoms with van der Waals surface area (Å²) in [4.78, 5) is 34.4. The van der Waals surface area contributed by atoms with E-state index in [9.17, 15) is 9.59 Å². The maximum atomic E-state index is 13.0. The lowest BCUT2D eigenvalue weighted by molar-refractivity contribution is -0.126. The van der Waals surface area contributed by atoms with E-state index in [-0.39, 0.29) is 5.75 Å². The SMILES string of the molecule is CCCCO/N=C(\C)C1=N[C@](N)(C(=O)N[C@H](CCC)c2cc(OC)cc(=O)o2)CS1. The summed E-state index contributed by atoms with van der Waals surface area (Å²) >= 11 is 1.35. The number of carbonyl (C=O) groups excluding carboxylic acids is 1. The van der Waals surface area contributed by atoms with Crippen LogP contribution in [-0.2, 0) is 9.63 Å². The fourth-order valence-electron chi connectivity index (χ4n) is 2.74. The van der Waals surface area contributed by atoms with Crippen LogP contribution in [0.1, 0.15) is 58.3 Å². The van der Waals surface area contributed by atoms with Crippen molar-refractivity contribution < 1.29 is 18.8 Å². The van der Waals surface area contributed by atoms with Crippen LogP contribution in [0.5, 0.6) is 5.75 Å². The number of oxime groups is 1. The van der Waals surface area contributed by atoms with Crippen molar-refractivity contribution in [2.45, 2.75) is 58.2 Å². The first-order chi connectivity index (χ1) is 14.3. The summed E-state index contributed by atoms with van der Waals surface area (Å²) < 4.78 is 10.4. The zero-order chi connectivity index (χ0) is 22.1. The Bertz CT molecular complexity index is 854. The van der Waals surface area contributed by atoms with Gasteiger partial charge in [0.2, 0.25) is 0 Å². The molecular formula is C20H30N4O5S. The van der Waals surface area contributed by atoms with E-state index in [2.05, 4.69) is 22.4 Å². The molecule has 0 saturated heterocycles. The first-order valence-corrected chi connectivity index (χ1v) is 11.0. The molecule has 166 valence electrons. The molecule has 0 aromatic carbocycles. The molecule has 2 atom stereocenters. The smallest absolute Gasteiger partial charge is 0.339 e. The average molecular weight is 439 g/mol. The van der Waals surface area contributed by atoms with Gasteiger partial charge in [0.1, 0.15) is 28.9 Å². The van der Waals surface area contributed by atoms with Gasteiger partial charge >= 0.3 is 5.63 Å². The van der Waals surface area contributed by atoms with Crippen molar-refractivity contribution in [3.63, 3.8) is 0 Å². The molecule has 30 heavy (non-hydrogen) atoms. The van der Waals surface area contributed by atoms with Crippen LogP contribution in [0, 0.1) is 0 Å². The van der Waals surface area contributed by atoms with Crippen LogP contribution in [0.4, 0.5) is 0 Å². The third-order valence-electron chi connectivity index (χ3n) is 4.45. The summed E-state index contributed by atoms with van der Waals surface area (Å²) in [5, 5.41) is 7.49. The molecule has 1 aliphatic heterocycles. The van der Waals surface area contributed by atoms with Gasteiger partial charge < -0.3 is 19.3 Å². The average Bonchev–Trinajstić information content (AvgIpc) is 3.14. The van der Waals surface area contributed by atoms with Crippen molar-refractivity contribution in [3.05, 3.63) is 28.3 Å². The number of methoxy groups -OCH3 is 1. The van der Waals surface area contributed by atoms with E-state index < -0.39 is 23.2 Å². The largest absolute Gasteiger partial charge is 0.496 e. The van der Waals surface area contributed by atoms with Gasteiger partial charge in [-0.25, -0.2) is 9.79 Å². The number of thioether (sulfide) groups is 1. The fraction of sp³-hybridized carbons (Fsp3) is 0.600. The molecule has 0 unspecified atom stereocenters. The highest BCUT2D eigenvalue weighted by molar-refractivity contribution is 8.16. The molecule has 3 N–H and O–H groups in total. The molecule has 9 nitrogen and oxygen atoms in total. The maximum Gasteiger partial charge on any atom is 0.339 e. The van der Waals surface area contributed by atoms with E-state index in [1.165, 1.54) is 24.9 Å². The summed E-state index contributed by atoms with van der Waals surface area (Å²) in [7, 11) is 1.46. The zero-order valence-corrected chi connectivity index (χ0v) is 18.7. The van der Waals surface area contributed by atoms with Gasteiger partial charge in [0.25, 0.3) is 5.91 Å². The van der Waals surface area contributed by atoms with Crippen LogP contribution in [0.15, 0.2) is 31.5 Å². The Balaban J connectivity index is 2.14. The number of rotatable bonds is 11. The highest BCUT2D eigenvalue weighted by Crippen LogP contribution is 2.27. The second-order valence-electron chi connectivity index (χ2n) is 7.03. The number of nitrogens with zero attached hydrogens (tertiary/aromatic N) is 2. The number of ether oxygens (including phenoxy) is 1. The van der Waals surface area contributed by atoms with Gasteiger partial charge in [0.05, 0.1) is 19.2 Å². The van der Waals surface area contributed by atoms with Gasteiger partial charge in [0, 0.05) is 11.8 Å². The fourth-order valence-corrected chi connectivity index (χ4v) is 3.76. The van der Waals surface area contributed by atoms with Gasteiger partial charge in [-0.3, -0.25) is 10.5 Å². The Hall–Kier alpha value is -2.33. The van der Waals surface area contributed by atoms with Crippen molar-refractivity contribution in [1.82, 2.24) is 5.32 Å². The molecule has 2 rings (SSSR count). The molecule has 1 amide bonds. The highest BCUT2D eigenvalue weighted by Gasteiger charge is 2.41. The van der Waals surface area contributed by atoms with E-state index in [4.69, 9.17) is 19.7 Å². The lowest BCUT2D eigenvalue weighted by Crippen LogP contribution is -2.54. The second kappa shape index (κ2) is 11.2. The van der Waals surface area contributed by atoms with Gasteiger partial charge in [-0.05, 0) is 19.8 Å². The van der Waals surface area contributed by atoms with Crippen LogP contribution in [0.2, 0.25) is 0 Å². The molecule has 0 spiro atoms. The van der Waals surface area contributed by atoms with E-state index in [0.717, 1.165) is 19.3 Å². The van der Waals surface area contributed by atoms with Crippen LogP contribution in [-0.4, -0.2) is 41.8 Å². The highest BCUT2D eigenvalue weighted by atomic mass is 32.2. The summed E-state index contributed by atoms with van der Waals surface area (Å²) in [6.45, 7) is 6.34. The third kappa shape index (κ3) is 6.33. The Kier molecular flexibility index (Phi) is 8.91. The van der Waals surface area contributed by atoms with Gasteiger partial charge in [-0.1, -0.05) is 31.8 Å². The first-order valence-electron chi connectivity index (χ1n) is 10.0. The summed E-state index contributed by atoms with van der Waals surface area (Å²) in [6, 6.07) is 2.31. The standard InChI is InChI=1S/C20H30N4O5S/c1-5-7-9-28-24-13(3)18-23-20(21,12-30-18)19(26)22-15(8-6-2)16-10-14(27-4)11-17(25)29-16/h10-11,15H,5-9,12,21H2,1-4H3,(H,22,26)/b24-13+/t15-,20+/m1/s1. The van der Waals surface area contributed by atoms with Crippen LogP contribution < -0.4 is 21.4 Å². The maximum absolute atomic E-state index is 13.0. The number of unbranched alkanes of at least 4 members (excludes halogenated alkanes) is 1. The number of amides is 1. The van der Waals surface area contributed by atoms with Crippen LogP contribution in [0.3, 0.4) is 0 Å². The minimum absolute atomic E-state index is 0.275. The predicted octanol–water partition coefficient (Wildman–Crippen LogP) is 2.60. The molecule has 2 heterocycles. The molecule has 0 bridgehead atoms. The Morgan fingerprint density at radius 1 is 1.43 bits per heavy atom. The molecule has 1 aromatic rings. The van der Waals surface area contributed by atoms with E-state index >= 15 is 0 Å². The number of nitrogens with one attached hydrogen (secondary N) is 1. The van der Waals surface area contributed by atoms with Crippen molar-refractivity contribution in [2.75, 3.05) is 19.5 Å². The Labute approximate surface area is 180 Å². The molecule has 10 heteroatoms. The summed E-state index contributed by atoms with van der Waals surface area (Å²) in [6.07, 6.45) is 3.25. The normalized spacial score (nSPS) is 19.9. The van der Waals surface area contributed by atoms with Gasteiger partial charge in [-0.15, -0.1) is 11.8 Å². The van der Waals surface area contributed by atoms with Crippen molar-refractivity contribution in [3.8, 4) is 5.75 Å². The summed E-state index contributed by atoms with van der Waals surface area (Å²) in [5.74, 6) is 0.506. The van der Waals surface area contributed by atoms with E-state index in [1.54, 1.807) is 13.0 Å². The van der Waals surface area contributed by atoms with Crippen molar-refractivity contribution in [2.24, 2.45) is 15.9 Å². The molecule has 1 aromatic heterocycles. The van der Waals surface area contributed by atoms with Gasteiger partial charge in [-0.2, -0.15) is 0 Å². The van der Waals surface area contributed by atoms with Crippen LogP contribution in [0.25, 0.3) is 0 Å². The molecule has 0 saturated carbocycles.